The van der Waals surface area contributed by atoms with Gasteiger partial charge in [0.05, 0.1) is 4.90 Å². The third-order valence-electron chi connectivity index (χ3n) is 5.08. The van der Waals surface area contributed by atoms with Crippen molar-refractivity contribution in [1.29, 1.82) is 0 Å². The molecule has 4 nitrogen and oxygen atoms in total. The van der Waals surface area contributed by atoms with E-state index in [1.54, 1.807) is 24.4 Å². The Bertz CT molecular complexity index is 1280. The van der Waals surface area contributed by atoms with E-state index in [-0.39, 0.29) is 4.90 Å². The van der Waals surface area contributed by atoms with Gasteiger partial charge in [-0.15, -0.1) is 0 Å². The van der Waals surface area contributed by atoms with Crippen molar-refractivity contribution in [2.24, 2.45) is 0 Å². The highest BCUT2D eigenvalue weighted by atomic mass is 32.2. The average molecular weight is 415 g/mol. The second-order valence-electron chi connectivity index (χ2n) is 7.22. The molecule has 30 heavy (non-hydrogen) atoms. The molecule has 0 unspecified atom stereocenters. The van der Waals surface area contributed by atoms with E-state index in [0.717, 1.165) is 33.4 Å². The number of nitrogens with one attached hydrogen (secondary N) is 1. The second-order valence-corrected chi connectivity index (χ2v) is 8.90. The van der Waals surface area contributed by atoms with Gasteiger partial charge in [-0.1, -0.05) is 48.5 Å². The Labute approximate surface area is 177 Å². The maximum atomic E-state index is 12.8. The minimum absolute atomic E-state index is 0.229. The third-order valence-corrected chi connectivity index (χ3v) is 6.48. The summed E-state index contributed by atoms with van der Waals surface area (Å²) in [4.78, 5) is 4.43. The van der Waals surface area contributed by atoms with Gasteiger partial charge in [-0.2, -0.15) is 0 Å². The van der Waals surface area contributed by atoms with Crippen LogP contribution >= 0.6 is 0 Å². The van der Waals surface area contributed by atoms with Crippen molar-refractivity contribution in [1.82, 2.24) is 4.98 Å². The lowest BCUT2D eigenvalue weighted by Crippen LogP contribution is -2.13. The number of pyridine rings is 1. The monoisotopic (exact) mass is 414 g/mol. The Balaban J connectivity index is 1.58. The molecule has 0 saturated heterocycles. The first-order valence-electron chi connectivity index (χ1n) is 9.64. The van der Waals surface area contributed by atoms with Crippen molar-refractivity contribution < 1.29 is 8.42 Å². The molecule has 1 aromatic heterocycles. The minimum Gasteiger partial charge on any atom is -0.280 e. The Hall–Kier alpha value is -3.44. The van der Waals surface area contributed by atoms with Crippen LogP contribution in [0, 0.1) is 13.8 Å². The van der Waals surface area contributed by atoms with Crippen LogP contribution in [0.1, 0.15) is 11.1 Å². The topological polar surface area (TPSA) is 59.1 Å². The highest BCUT2D eigenvalue weighted by molar-refractivity contribution is 7.92. The van der Waals surface area contributed by atoms with Gasteiger partial charge >= 0.3 is 0 Å². The van der Waals surface area contributed by atoms with Gasteiger partial charge < -0.3 is 0 Å². The lowest BCUT2D eigenvalue weighted by molar-refractivity contribution is 0.601. The molecule has 3 aromatic carbocycles. The number of benzene rings is 3. The van der Waals surface area contributed by atoms with Crippen LogP contribution in [0.2, 0.25) is 0 Å². The summed E-state index contributed by atoms with van der Waals surface area (Å²) < 4.78 is 28.4. The fourth-order valence-corrected chi connectivity index (χ4v) is 4.50. The number of aryl methyl sites for hydroxylation is 2. The summed E-state index contributed by atoms with van der Waals surface area (Å²) in [7, 11) is -3.68. The first-order chi connectivity index (χ1) is 14.4. The zero-order valence-electron chi connectivity index (χ0n) is 16.8. The van der Waals surface area contributed by atoms with Crippen LogP contribution in [-0.2, 0) is 10.0 Å². The van der Waals surface area contributed by atoms with Gasteiger partial charge in [-0.25, -0.2) is 8.42 Å². The van der Waals surface area contributed by atoms with Crippen LogP contribution in [0.5, 0.6) is 0 Å². The summed E-state index contributed by atoms with van der Waals surface area (Å²) in [5.74, 6) is 0. The molecular weight excluding hydrogens is 392 g/mol. The molecule has 5 heteroatoms. The molecule has 1 heterocycles. The van der Waals surface area contributed by atoms with E-state index in [9.17, 15) is 8.42 Å². The number of nitrogens with zero attached hydrogens (tertiary/aromatic N) is 1. The van der Waals surface area contributed by atoms with E-state index in [2.05, 4.69) is 9.71 Å². The molecule has 0 radical (unpaired) electrons. The number of hydrogen-bond donors (Lipinski definition) is 1. The number of aromatic nitrogens is 1. The Morgan fingerprint density at radius 2 is 1.43 bits per heavy atom. The van der Waals surface area contributed by atoms with E-state index >= 15 is 0 Å². The van der Waals surface area contributed by atoms with Gasteiger partial charge in [-0.05, 0) is 72.0 Å². The zero-order chi connectivity index (χ0) is 21.1. The third kappa shape index (κ3) is 4.11. The zero-order valence-corrected chi connectivity index (χ0v) is 17.6. The fourth-order valence-electron chi connectivity index (χ4n) is 3.45. The summed E-state index contributed by atoms with van der Waals surface area (Å²) in [5.41, 5.74) is 6.74. The number of rotatable bonds is 5. The van der Waals surface area contributed by atoms with Crippen molar-refractivity contribution >= 4 is 15.7 Å². The van der Waals surface area contributed by atoms with Crippen LogP contribution in [0.3, 0.4) is 0 Å². The molecule has 4 rings (SSSR count). The molecule has 4 aromatic rings. The van der Waals surface area contributed by atoms with Gasteiger partial charge in [0.25, 0.3) is 10.0 Å². The molecule has 0 amide bonds. The summed E-state index contributed by atoms with van der Waals surface area (Å²) in [6.07, 6.45) is 3.59. The number of hydrogen-bond acceptors (Lipinski definition) is 3. The van der Waals surface area contributed by atoms with E-state index in [1.807, 2.05) is 80.7 Å². The van der Waals surface area contributed by atoms with Gasteiger partial charge in [0, 0.05) is 23.6 Å². The van der Waals surface area contributed by atoms with Gasteiger partial charge in [-0.3, -0.25) is 9.71 Å². The first kappa shape index (κ1) is 19.9. The Kier molecular flexibility index (Phi) is 5.38. The van der Waals surface area contributed by atoms with Crippen molar-refractivity contribution in [3.05, 3.63) is 102 Å². The lowest BCUT2D eigenvalue weighted by Gasteiger charge is -2.13. The van der Waals surface area contributed by atoms with Gasteiger partial charge in [0.1, 0.15) is 0 Å². The fraction of sp³-hybridized carbons (Fsp3) is 0.0800. The van der Waals surface area contributed by atoms with Crippen molar-refractivity contribution in [3.63, 3.8) is 0 Å². The predicted octanol–water partition coefficient (Wildman–Crippen LogP) is 5.83. The van der Waals surface area contributed by atoms with Crippen LogP contribution in [0.25, 0.3) is 22.3 Å². The largest absolute Gasteiger partial charge is 0.280 e. The standard InChI is InChI=1S/C25H22N2O2S/c1-18-14-15-26-17-25(18)24-13-10-22(16-19(24)2)27-30(28,29)23-11-8-21(9-12-23)20-6-4-3-5-7-20/h3-17,27H,1-2H3. The lowest BCUT2D eigenvalue weighted by atomic mass is 9.98. The molecule has 1 N–H and O–H groups in total. The van der Waals surface area contributed by atoms with Crippen molar-refractivity contribution in [3.8, 4) is 22.3 Å². The molecule has 0 spiro atoms. The quantitative estimate of drug-likeness (QED) is 0.447. The molecule has 0 aliphatic rings. The minimum atomic E-state index is -3.68. The van der Waals surface area contributed by atoms with E-state index in [0.29, 0.717) is 5.69 Å². The molecular formula is C25H22N2O2S. The maximum Gasteiger partial charge on any atom is 0.261 e. The van der Waals surface area contributed by atoms with Crippen LogP contribution in [-0.4, -0.2) is 13.4 Å². The van der Waals surface area contributed by atoms with Crippen molar-refractivity contribution in [2.45, 2.75) is 18.7 Å². The molecule has 0 fully saturated rings. The van der Waals surface area contributed by atoms with Crippen LogP contribution in [0.15, 0.2) is 96.2 Å². The second kappa shape index (κ2) is 8.13. The average Bonchev–Trinajstić information content (AvgIpc) is 2.75. The smallest absolute Gasteiger partial charge is 0.261 e. The van der Waals surface area contributed by atoms with Crippen molar-refractivity contribution in [2.75, 3.05) is 4.72 Å². The molecule has 0 bridgehead atoms. The van der Waals surface area contributed by atoms with Gasteiger partial charge in [0.15, 0.2) is 0 Å². The van der Waals surface area contributed by atoms with E-state index in [1.165, 1.54) is 0 Å². The number of sulfonamides is 1. The van der Waals surface area contributed by atoms with Crippen LogP contribution in [0.4, 0.5) is 5.69 Å². The molecule has 0 aliphatic carbocycles. The molecule has 0 atom stereocenters. The summed E-state index contributed by atoms with van der Waals surface area (Å²) in [5, 5.41) is 0. The summed E-state index contributed by atoms with van der Waals surface area (Å²) >= 11 is 0. The Morgan fingerprint density at radius 1 is 0.733 bits per heavy atom. The number of anilines is 1. The summed E-state index contributed by atoms with van der Waals surface area (Å²) in [6, 6.07) is 24.3. The van der Waals surface area contributed by atoms with E-state index in [4.69, 9.17) is 0 Å². The van der Waals surface area contributed by atoms with Crippen LogP contribution < -0.4 is 4.72 Å². The Morgan fingerprint density at radius 3 is 2.10 bits per heavy atom. The van der Waals surface area contributed by atoms with Gasteiger partial charge in [0.2, 0.25) is 0 Å². The molecule has 0 saturated carbocycles. The predicted molar refractivity (Wildman–Crippen MR) is 122 cm³/mol. The summed E-state index contributed by atoms with van der Waals surface area (Å²) in [6.45, 7) is 4.00. The first-order valence-corrected chi connectivity index (χ1v) is 11.1. The van der Waals surface area contributed by atoms with E-state index < -0.39 is 10.0 Å². The highest BCUT2D eigenvalue weighted by Crippen LogP contribution is 2.29. The molecule has 150 valence electrons. The normalized spacial score (nSPS) is 11.3. The highest BCUT2D eigenvalue weighted by Gasteiger charge is 2.15. The SMILES string of the molecule is Cc1cc(NS(=O)(=O)c2ccc(-c3ccccc3)cc2)ccc1-c1cnccc1C. The maximum absolute atomic E-state index is 12.8. The molecule has 0 aliphatic heterocycles.